The Kier molecular flexibility index (Phi) is 2.44. The molecule has 0 heterocycles. The van der Waals surface area contributed by atoms with E-state index in [9.17, 15) is 8.78 Å². The Hall–Kier alpha value is -1.43. The molecule has 1 aromatic carbocycles. The summed E-state index contributed by atoms with van der Waals surface area (Å²) < 4.78 is 27.1. The molecular weight excluding hydrogens is 196 g/mol. The summed E-state index contributed by atoms with van der Waals surface area (Å²) in [5.41, 5.74) is -0.972. The number of halogens is 2. The summed E-state index contributed by atoms with van der Waals surface area (Å²) in [6, 6.07) is 5.86. The Morgan fingerprint density at radius 2 is 1.67 bits per heavy atom. The average molecular weight is 207 g/mol. The molecule has 0 amide bonds. The number of hydrogen-bond acceptors (Lipinski definition) is 1. The van der Waals surface area contributed by atoms with Crippen LogP contribution < -0.4 is 0 Å². The summed E-state index contributed by atoms with van der Waals surface area (Å²) in [6.07, 6.45) is 2.84. The molecule has 1 saturated carbocycles. The van der Waals surface area contributed by atoms with Crippen molar-refractivity contribution in [2.24, 2.45) is 0 Å². The molecule has 0 spiro atoms. The summed E-state index contributed by atoms with van der Waals surface area (Å²) in [5, 5.41) is 9.14. The number of nitrogens with zero attached hydrogens (tertiary/aromatic N) is 1. The number of nitriles is 1. The average Bonchev–Trinajstić information content (AvgIpc) is 2.67. The highest BCUT2D eigenvalue weighted by atomic mass is 19.1. The summed E-state index contributed by atoms with van der Waals surface area (Å²) in [7, 11) is 0. The van der Waals surface area contributed by atoms with Gasteiger partial charge in [-0.25, -0.2) is 8.78 Å². The lowest BCUT2D eigenvalue weighted by Crippen LogP contribution is -2.22. The van der Waals surface area contributed by atoms with E-state index >= 15 is 0 Å². The predicted octanol–water partition coefficient (Wildman–Crippen LogP) is 3.30. The van der Waals surface area contributed by atoms with Crippen molar-refractivity contribution in [1.82, 2.24) is 0 Å². The van der Waals surface area contributed by atoms with E-state index in [2.05, 4.69) is 6.07 Å². The quantitative estimate of drug-likeness (QED) is 0.693. The fraction of sp³-hybridized carbons (Fsp3) is 0.417. The highest BCUT2D eigenvalue weighted by Gasteiger charge is 2.40. The van der Waals surface area contributed by atoms with Crippen molar-refractivity contribution in [1.29, 1.82) is 5.26 Å². The van der Waals surface area contributed by atoms with Gasteiger partial charge in [0.2, 0.25) is 0 Å². The Labute approximate surface area is 87.3 Å². The lowest BCUT2D eigenvalue weighted by molar-refractivity contribution is 0.471. The molecular formula is C12H11F2N. The van der Waals surface area contributed by atoms with Crippen LogP contribution in [-0.2, 0) is 5.41 Å². The van der Waals surface area contributed by atoms with Crippen LogP contribution in [0.25, 0.3) is 0 Å². The summed E-state index contributed by atoms with van der Waals surface area (Å²) >= 11 is 0. The van der Waals surface area contributed by atoms with Crippen LogP contribution in [0.1, 0.15) is 31.2 Å². The lowest BCUT2D eigenvalue weighted by atomic mass is 9.80. The van der Waals surface area contributed by atoms with E-state index in [4.69, 9.17) is 5.26 Å². The number of hydrogen-bond donors (Lipinski definition) is 0. The lowest BCUT2D eigenvalue weighted by Gasteiger charge is -2.21. The molecule has 1 aliphatic rings. The zero-order chi connectivity index (χ0) is 10.9. The van der Waals surface area contributed by atoms with E-state index in [1.54, 1.807) is 0 Å². The number of rotatable bonds is 1. The van der Waals surface area contributed by atoms with E-state index in [0.717, 1.165) is 12.8 Å². The van der Waals surface area contributed by atoms with Crippen molar-refractivity contribution in [3.8, 4) is 6.07 Å². The molecule has 78 valence electrons. The molecule has 3 heteroatoms. The van der Waals surface area contributed by atoms with Crippen LogP contribution in [0, 0.1) is 23.0 Å². The second-order valence-electron chi connectivity index (χ2n) is 4.00. The summed E-state index contributed by atoms with van der Waals surface area (Å²) in [5.74, 6) is -1.20. The van der Waals surface area contributed by atoms with Crippen molar-refractivity contribution in [2.45, 2.75) is 31.1 Å². The van der Waals surface area contributed by atoms with Gasteiger partial charge in [-0.3, -0.25) is 0 Å². The molecule has 1 aromatic rings. The first-order valence-corrected chi connectivity index (χ1v) is 5.05. The SMILES string of the molecule is N#CC1(c2c(F)cccc2F)CCCC1. The Bertz CT molecular complexity index is 394. The topological polar surface area (TPSA) is 23.8 Å². The van der Waals surface area contributed by atoms with Gasteiger partial charge >= 0.3 is 0 Å². The number of benzene rings is 1. The second kappa shape index (κ2) is 3.62. The second-order valence-corrected chi connectivity index (χ2v) is 4.00. The van der Waals surface area contributed by atoms with Gasteiger partial charge in [0.25, 0.3) is 0 Å². The van der Waals surface area contributed by atoms with E-state index in [0.29, 0.717) is 12.8 Å². The standard InChI is InChI=1S/C12H11F2N/c13-9-4-3-5-10(14)11(9)12(8-15)6-1-2-7-12/h3-5H,1-2,6-7H2. The fourth-order valence-corrected chi connectivity index (χ4v) is 2.35. The summed E-state index contributed by atoms with van der Waals surface area (Å²) in [4.78, 5) is 0. The third kappa shape index (κ3) is 1.50. The molecule has 0 unspecified atom stereocenters. The smallest absolute Gasteiger partial charge is 0.130 e. The molecule has 0 radical (unpaired) electrons. The van der Waals surface area contributed by atoms with Crippen LogP contribution in [-0.4, -0.2) is 0 Å². The van der Waals surface area contributed by atoms with Crippen LogP contribution >= 0.6 is 0 Å². The Morgan fingerprint density at radius 3 is 2.13 bits per heavy atom. The molecule has 0 aliphatic heterocycles. The third-order valence-corrected chi connectivity index (χ3v) is 3.11. The molecule has 1 nitrogen and oxygen atoms in total. The van der Waals surface area contributed by atoms with Crippen molar-refractivity contribution in [3.63, 3.8) is 0 Å². The largest absolute Gasteiger partial charge is 0.207 e. The molecule has 0 saturated heterocycles. The van der Waals surface area contributed by atoms with Crippen LogP contribution in [0.15, 0.2) is 18.2 Å². The molecule has 15 heavy (non-hydrogen) atoms. The molecule has 2 rings (SSSR count). The first-order chi connectivity index (χ1) is 7.19. The van der Waals surface area contributed by atoms with E-state index in [-0.39, 0.29) is 5.56 Å². The molecule has 0 aromatic heterocycles. The van der Waals surface area contributed by atoms with Gasteiger partial charge in [-0.05, 0) is 25.0 Å². The van der Waals surface area contributed by atoms with Crippen molar-refractivity contribution in [2.75, 3.05) is 0 Å². The Balaban J connectivity index is 2.57. The van der Waals surface area contributed by atoms with Gasteiger partial charge in [-0.2, -0.15) is 5.26 Å². The normalized spacial score (nSPS) is 18.7. The molecule has 1 aliphatic carbocycles. The van der Waals surface area contributed by atoms with E-state index < -0.39 is 17.0 Å². The van der Waals surface area contributed by atoms with Gasteiger partial charge in [-0.1, -0.05) is 18.9 Å². The highest BCUT2D eigenvalue weighted by molar-refractivity contribution is 5.36. The summed E-state index contributed by atoms with van der Waals surface area (Å²) in [6.45, 7) is 0. The molecule has 1 fully saturated rings. The van der Waals surface area contributed by atoms with Gasteiger partial charge in [0.05, 0.1) is 11.5 Å². The van der Waals surface area contributed by atoms with Crippen LogP contribution in [0.2, 0.25) is 0 Å². The maximum Gasteiger partial charge on any atom is 0.130 e. The van der Waals surface area contributed by atoms with E-state index in [1.807, 2.05) is 0 Å². The van der Waals surface area contributed by atoms with Crippen molar-refractivity contribution in [3.05, 3.63) is 35.4 Å². The van der Waals surface area contributed by atoms with Crippen molar-refractivity contribution >= 4 is 0 Å². The van der Waals surface area contributed by atoms with Crippen LogP contribution in [0.3, 0.4) is 0 Å². The maximum absolute atomic E-state index is 13.5. The third-order valence-electron chi connectivity index (χ3n) is 3.11. The molecule has 0 N–H and O–H groups in total. The fourth-order valence-electron chi connectivity index (χ4n) is 2.35. The van der Waals surface area contributed by atoms with Gasteiger partial charge in [0, 0.05) is 5.56 Å². The first-order valence-electron chi connectivity index (χ1n) is 5.05. The van der Waals surface area contributed by atoms with Crippen LogP contribution in [0.4, 0.5) is 8.78 Å². The Morgan fingerprint density at radius 1 is 1.13 bits per heavy atom. The van der Waals surface area contributed by atoms with Crippen molar-refractivity contribution < 1.29 is 8.78 Å². The van der Waals surface area contributed by atoms with E-state index in [1.165, 1.54) is 18.2 Å². The zero-order valence-electron chi connectivity index (χ0n) is 8.26. The zero-order valence-corrected chi connectivity index (χ0v) is 8.26. The van der Waals surface area contributed by atoms with Gasteiger partial charge in [0.15, 0.2) is 0 Å². The minimum atomic E-state index is -0.935. The minimum absolute atomic E-state index is 0.0370. The molecule has 0 atom stereocenters. The van der Waals surface area contributed by atoms with Gasteiger partial charge in [-0.15, -0.1) is 0 Å². The monoisotopic (exact) mass is 207 g/mol. The minimum Gasteiger partial charge on any atom is -0.207 e. The maximum atomic E-state index is 13.5. The predicted molar refractivity (Wildman–Crippen MR) is 52.1 cm³/mol. The molecule has 0 bridgehead atoms. The van der Waals surface area contributed by atoms with Crippen LogP contribution in [0.5, 0.6) is 0 Å². The first kappa shape index (κ1) is 10.1. The highest BCUT2D eigenvalue weighted by Crippen LogP contribution is 2.42. The van der Waals surface area contributed by atoms with Gasteiger partial charge in [0.1, 0.15) is 11.6 Å². The van der Waals surface area contributed by atoms with Gasteiger partial charge < -0.3 is 0 Å².